The van der Waals surface area contributed by atoms with Gasteiger partial charge in [0, 0.05) is 11.4 Å². The first-order chi connectivity index (χ1) is 14.3. The lowest BCUT2D eigenvalue weighted by Gasteiger charge is -2.25. The number of anilines is 4. The van der Waals surface area contributed by atoms with Crippen LogP contribution in [0, 0.1) is 0 Å². The fraction of sp³-hybridized carbons (Fsp3) is 0.0526. The Labute approximate surface area is 172 Å². The van der Waals surface area contributed by atoms with E-state index in [2.05, 4.69) is 19.9 Å². The number of para-hydroxylation sites is 1. The molecule has 2 aromatic carbocycles. The standard InChI is InChI=1S/C19H17N7O3S/c20-17-16-18(25-19(21)24-17)22-10-12(23-16)11-26(13-4-2-1-3-5-13)14-6-8-15(9-7-14)30(27,28)29/h1-10H,11H2,(H,27,28,29)(H4,20,21,22,24,25). The maximum atomic E-state index is 11.3. The molecular formula is C19H17N7O3S. The number of aromatic nitrogens is 4. The SMILES string of the molecule is Nc1nc(N)c2nc(CN(c3ccccc3)c3ccc(S(=O)(=O)O)cc3)cnc2n1. The van der Waals surface area contributed by atoms with Crippen LogP contribution in [-0.2, 0) is 16.7 Å². The van der Waals surface area contributed by atoms with Crippen LogP contribution in [-0.4, -0.2) is 32.9 Å². The average Bonchev–Trinajstić information content (AvgIpc) is 2.72. The predicted molar refractivity (Wildman–Crippen MR) is 112 cm³/mol. The van der Waals surface area contributed by atoms with Crippen LogP contribution in [0.1, 0.15) is 5.69 Å². The van der Waals surface area contributed by atoms with Gasteiger partial charge in [0.2, 0.25) is 5.95 Å². The summed E-state index contributed by atoms with van der Waals surface area (Å²) in [5.74, 6) is 0.155. The Hall–Kier alpha value is -3.83. The molecule has 5 N–H and O–H groups in total. The molecule has 152 valence electrons. The van der Waals surface area contributed by atoms with Crippen molar-refractivity contribution in [1.29, 1.82) is 0 Å². The van der Waals surface area contributed by atoms with Gasteiger partial charge in [0.1, 0.15) is 0 Å². The summed E-state index contributed by atoms with van der Waals surface area (Å²) in [6.45, 7) is 0.308. The second kappa shape index (κ2) is 7.54. The van der Waals surface area contributed by atoms with Crippen molar-refractivity contribution >= 4 is 44.4 Å². The number of benzene rings is 2. The molecule has 0 spiro atoms. The second-order valence-corrected chi connectivity index (χ2v) is 7.81. The second-order valence-electron chi connectivity index (χ2n) is 6.39. The normalized spacial score (nSPS) is 11.5. The molecular weight excluding hydrogens is 406 g/mol. The Balaban J connectivity index is 1.75. The summed E-state index contributed by atoms with van der Waals surface area (Å²) in [7, 11) is -4.28. The molecule has 10 nitrogen and oxygen atoms in total. The zero-order valence-electron chi connectivity index (χ0n) is 15.5. The maximum absolute atomic E-state index is 11.3. The average molecular weight is 423 g/mol. The van der Waals surface area contributed by atoms with Crippen molar-refractivity contribution in [2.75, 3.05) is 16.4 Å². The van der Waals surface area contributed by atoms with E-state index in [1.165, 1.54) is 12.1 Å². The summed E-state index contributed by atoms with van der Waals surface area (Å²) < 4.78 is 31.9. The van der Waals surface area contributed by atoms with Gasteiger partial charge in [0.05, 0.1) is 23.3 Å². The van der Waals surface area contributed by atoms with E-state index in [9.17, 15) is 13.0 Å². The molecule has 0 bridgehead atoms. The van der Waals surface area contributed by atoms with Crippen LogP contribution < -0.4 is 16.4 Å². The van der Waals surface area contributed by atoms with E-state index >= 15 is 0 Å². The van der Waals surface area contributed by atoms with Crippen LogP contribution in [0.25, 0.3) is 11.2 Å². The van der Waals surface area contributed by atoms with Crippen molar-refractivity contribution in [3.63, 3.8) is 0 Å². The van der Waals surface area contributed by atoms with Crippen molar-refractivity contribution < 1.29 is 13.0 Å². The molecule has 0 unspecified atom stereocenters. The van der Waals surface area contributed by atoms with E-state index < -0.39 is 10.1 Å². The molecule has 0 amide bonds. The number of nitrogens with two attached hydrogens (primary N) is 2. The molecule has 0 atom stereocenters. The van der Waals surface area contributed by atoms with Gasteiger partial charge in [0.15, 0.2) is 17.0 Å². The van der Waals surface area contributed by atoms with Gasteiger partial charge in [-0.15, -0.1) is 0 Å². The minimum Gasteiger partial charge on any atom is -0.382 e. The van der Waals surface area contributed by atoms with Gasteiger partial charge in [-0.25, -0.2) is 9.97 Å². The van der Waals surface area contributed by atoms with Gasteiger partial charge in [-0.05, 0) is 36.4 Å². The van der Waals surface area contributed by atoms with Gasteiger partial charge in [0.25, 0.3) is 10.1 Å². The maximum Gasteiger partial charge on any atom is 0.294 e. The zero-order valence-corrected chi connectivity index (χ0v) is 16.4. The Morgan fingerprint density at radius 3 is 2.23 bits per heavy atom. The summed E-state index contributed by atoms with van der Waals surface area (Å²) in [6.07, 6.45) is 1.57. The predicted octanol–water partition coefficient (Wildman–Crippen LogP) is 2.17. The van der Waals surface area contributed by atoms with E-state index in [0.717, 1.165) is 5.69 Å². The number of nitrogen functional groups attached to an aromatic ring is 2. The Morgan fingerprint density at radius 2 is 1.57 bits per heavy atom. The lowest BCUT2D eigenvalue weighted by Crippen LogP contribution is -2.18. The van der Waals surface area contributed by atoms with Crippen molar-refractivity contribution in [1.82, 2.24) is 19.9 Å². The van der Waals surface area contributed by atoms with E-state index in [-0.39, 0.29) is 16.7 Å². The summed E-state index contributed by atoms with van der Waals surface area (Å²) in [5.41, 5.74) is 14.3. The molecule has 0 fully saturated rings. The number of rotatable bonds is 5. The highest BCUT2D eigenvalue weighted by Crippen LogP contribution is 2.28. The van der Waals surface area contributed by atoms with Crippen LogP contribution in [0.2, 0.25) is 0 Å². The Morgan fingerprint density at radius 1 is 0.900 bits per heavy atom. The highest BCUT2D eigenvalue weighted by molar-refractivity contribution is 7.85. The lowest BCUT2D eigenvalue weighted by molar-refractivity contribution is 0.483. The van der Waals surface area contributed by atoms with Crippen molar-refractivity contribution in [2.45, 2.75) is 11.4 Å². The minimum absolute atomic E-state index is 0.0203. The summed E-state index contributed by atoms with van der Waals surface area (Å²) >= 11 is 0. The molecule has 0 aliphatic carbocycles. The quantitative estimate of drug-likeness (QED) is 0.406. The van der Waals surface area contributed by atoms with Crippen LogP contribution in [0.3, 0.4) is 0 Å². The van der Waals surface area contributed by atoms with Crippen LogP contribution in [0.5, 0.6) is 0 Å². The Bertz CT molecular complexity index is 1310. The molecule has 0 aliphatic heterocycles. The number of fused-ring (bicyclic) bond motifs is 1. The van der Waals surface area contributed by atoms with Gasteiger partial charge >= 0.3 is 0 Å². The van der Waals surface area contributed by atoms with Crippen LogP contribution in [0.4, 0.5) is 23.1 Å². The lowest BCUT2D eigenvalue weighted by atomic mass is 10.2. The highest BCUT2D eigenvalue weighted by Gasteiger charge is 2.15. The van der Waals surface area contributed by atoms with Gasteiger partial charge < -0.3 is 16.4 Å². The number of hydrogen-bond donors (Lipinski definition) is 3. The fourth-order valence-electron chi connectivity index (χ4n) is 2.96. The third kappa shape index (κ3) is 3.97. The Kier molecular flexibility index (Phi) is 4.90. The molecule has 30 heavy (non-hydrogen) atoms. The number of hydrogen-bond acceptors (Lipinski definition) is 9. The van der Waals surface area contributed by atoms with Gasteiger partial charge in [-0.2, -0.15) is 18.4 Å². The van der Waals surface area contributed by atoms with Crippen molar-refractivity contribution in [2.24, 2.45) is 0 Å². The third-order valence-corrected chi connectivity index (χ3v) is 5.20. The molecule has 4 rings (SSSR count). The van der Waals surface area contributed by atoms with Crippen LogP contribution >= 0.6 is 0 Å². The molecule has 4 aromatic rings. The fourth-order valence-corrected chi connectivity index (χ4v) is 3.44. The van der Waals surface area contributed by atoms with Crippen LogP contribution in [0.15, 0.2) is 65.7 Å². The van der Waals surface area contributed by atoms with Gasteiger partial charge in [-0.3, -0.25) is 4.55 Å². The summed E-state index contributed by atoms with van der Waals surface area (Å²) in [6, 6.07) is 15.3. The first kappa shape index (κ1) is 19.5. The molecule has 0 saturated carbocycles. The molecule has 0 aliphatic rings. The molecule has 2 aromatic heterocycles. The number of nitrogens with zero attached hydrogens (tertiary/aromatic N) is 5. The largest absolute Gasteiger partial charge is 0.382 e. The molecule has 0 radical (unpaired) electrons. The van der Waals surface area contributed by atoms with Gasteiger partial charge in [-0.1, -0.05) is 18.2 Å². The third-order valence-electron chi connectivity index (χ3n) is 4.34. The molecule has 11 heteroatoms. The summed E-state index contributed by atoms with van der Waals surface area (Å²) in [4.78, 5) is 18.5. The van der Waals surface area contributed by atoms with Crippen molar-refractivity contribution in [3.05, 3.63) is 66.5 Å². The monoisotopic (exact) mass is 423 g/mol. The van der Waals surface area contributed by atoms with E-state index in [1.54, 1.807) is 18.3 Å². The molecule has 2 heterocycles. The first-order valence-corrected chi connectivity index (χ1v) is 10.2. The topological polar surface area (TPSA) is 161 Å². The minimum atomic E-state index is -4.28. The smallest absolute Gasteiger partial charge is 0.294 e. The van der Waals surface area contributed by atoms with Crippen molar-refractivity contribution in [3.8, 4) is 0 Å². The highest BCUT2D eigenvalue weighted by atomic mass is 32.2. The summed E-state index contributed by atoms with van der Waals surface area (Å²) in [5, 5.41) is 0. The van der Waals surface area contributed by atoms with E-state index in [1.807, 2.05) is 35.2 Å². The first-order valence-electron chi connectivity index (χ1n) is 8.76. The van der Waals surface area contributed by atoms with E-state index in [4.69, 9.17) is 11.5 Å². The zero-order chi connectivity index (χ0) is 21.3. The van der Waals surface area contributed by atoms with E-state index in [0.29, 0.717) is 29.1 Å². The molecule has 0 saturated heterocycles.